The van der Waals surface area contributed by atoms with Gasteiger partial charge in [-0.25, -0.2) is 0 Å². The molecule has 0 saturated carbocycles. The number of hydrogen-bond donors (Lipinski definition) is 0. The third-order valence-electron chi connectivity index (χ3n) is 4.21. The maximum absolute atomic E-state index is 12.2. The Balaban J connectivity index is 1.79. The summed E-state index contributed by atoms with van der Waals surface area (Å²) in [6.45, 7) is 1.96. The third-order valence-corrected chi connectivity index (χ3v) is 4.21. The minimum Gasteiger partial charge on any atom is -0.497 e. The van der Waals surface area contributed by atoms with Gasteiger partial charge in [0.1, 0.15) is 11.5 Å². The van der Waals surface area contributed by atoms with Crippen molar-refractivity contribution in [3.8, 4) is 11.5 Å². The van der Waals surface area contributed by atoms with Crippen LogP contribution in [-0.2, 0) is 16.6 Å². The summed E-state index contributed by atoms with van der Waals surface area (Å²) in [5.74, 6) is 1.38. The quantitative estimate of drug-likeness (QED) is 0.636. The van der Waals surface area contributed by atoms with E-state index < -0.39 is 5.41 Å². The molecule has 3 heteroatoms. The van der Waals surface area contributed by atoms with Crippen LogP contribution in [0.1, 0.15) is 24.5 Å². The molecule has 21 heavy (non-hydrogen) atoms. The van der Waals surface area contributed by atoms with Gasteiger partial charge in [0.05, 0.1) is 12.5 Å². The molecule has 0 spiro atoms. The van der Waals surface area contributed by atoms with Crippen LogP contribution in [0.15, 0.2) is 48.5 Å². The number of ether oxygens (including phenoxy) is 2. The molecule has 0 fully saturated rings. The lowest BCUT2D eigenvalue weighted by Gasteiger charge is -2.20. The minimum atomic E-state index is -0.559. The van der Waals surface area contributed by atoms with Gasteiger partial charge in [-0.2, -0.15) is 0 Å². The number of aryl methyl sites for hydroxylation is 1. The number of para-hydroxylation sites is 1. The molecule has 1 aliphatic heterocycles. The Morgan fingerprint density at radius 1 is 1.10 bits per heavy atom. The highest BCUT2D eigenvalue weighted by Gasteiger charge is 2.44. The number of methoxy groups -OCH3 is 1. The van der Waals surface area contributed by atoms with Gasteiger partial charge in [0.2, 0.25) is 0 Å². The molecule has 0 bridgehead atoms. The number of rotatable bonds is 4. The number of carbonyl (C=O) groups is 1. The summed E-state index contributed by atoms with van der Waals surface area (Å²) < 4.78 is 10.5. The first-order valence-corrected chi connectivity index (χ1v) is 7.08. The standard InChI is InChI=1S/C18H18O3/c1-18(12-11-13-7-9-14(20-2)10-8-13)15-5-3-4-6-16(15)21-17(18)19/h3-10H,11-12H2,1-2H3. The van der Waals surface area contributed by atoms with E-state index in [4.69, 9.17) is 9.47 Å². The first kappa shape index (κ1) is 13.7. The lowest BCUT2D eigenvalue weighted by molar-refractivity contribution is -0.137. The Kier molecular flexibility index (Phi) is 3.42. The zero-order chi connectivity index (χ0) is 14.9. The van der Waals surface area contributed by atoms with Gasteiger partial charge < -0.3 is 9.47 Å². The summed E-state index contributed by atoms with van der Waals surface area (Å²) in [5.41, 5.74) is 1.62. The molecule has 1 atom stereocenters. The Bertz CT molecular complexity index is 660. The van der Waals surface area contributed by atoms with Crippen LogP contribution in [0.5, 0.6) is 11.5 Å². The summed E-state index contributed by atoms with van der Waals surface area (Å²) >= 11 is 0. The Hall–Kier alpha value is -2.29. The second kappa shape index (κ2) is 5.24. The molecule has 2 aromatic rings. The molecule has 0 radical (unpaired) electrons. The summed E-state index contributed by atoms with van der Waals surface area (Å²) in [7, 11) is 1.65. The molecule has 0 N–H and O–H groups in total. The highest BCUT2D eigenvalue weighted by atomic mass is 16.5. The molecule has 1 unspecified atom stereocenters. The van der Waals surface area contributed by atoms with Crippen molar-refractivity contribution < 1.29 is 14.3 Å². The van der Waals surface area contributed by atoms with E-state index in [-0.39, 0.29) is 5.97 Å². The number of benzene rings is 2. The van der Waals surface area contributed by atoms with Crippen LogP contribution in [0.25, 0.3) is 0 Å². The van der Waals surface area contributed by atoms with E-state index in [2.05, 4.69) is 0 Å². The van der Waals surface area contributed by atoms with Crippen molar-refractivity contribution in [1.29, 1.82) is 0 Å². The van der Waals surface area contributed by atoms with Crippen LogP contribution in [0, 0.1) is 0 Å². The predicted molar refractivity (Wildman–Crippen MR) is 80.7 cm³/mol. The Labute approximate surface area is 124 Å². The van der Waals surface area contributed by atoms with Crippen molar-refractivity contribution in [2.75, 3.05) is 7.11 Å². The highest BCUT2D eigenvalue weighted by molar-refractivity contribution is 5.90. The molecule has 1 heterocycles. The molecule has 0 saturated heterocycles. The lowest BCUT2D eigenvalue weighted by Crippen LogP contribution is -2.30. The topological polar surface area (TPSA) is 35.5 Å². The van der Waals surface area contributed by atoms with Crippen molar-refractivity contribution in [2.45, 2.75) is 25.2 Å². The molecule has 3 rings (SSSR count). The van der Waals surface area contributed by atoms with E-state index >= 15 is 0 Å². The maximum atomic E-state index is 12.2. The predicted octanol–water partition coefficient (Wildman–Crippen LogP) is 3.50. The first-order valence-electron chi connectivity index (χ1n) is 7.08. The van der Waals surface area contributed by atoms with Crippen LogP contribution >= 0.6 is 0 Å². The second-order valence-corrected chi connectivity index (χ2v) is 5.57. The van der Waals surface area contributed by atoms with Gasteiger partial charge in [-0.15, -0.1) is 0 Å². The zero-order valence-electron chi connectivity index (χ0n) is 12.3. The zero-order valence-corrected chi connectivity index (χ0v) is 12.3. The summed E-state index contributed by atoms with van der Waals surface area (Å²) in [6, 6.07) is 15.6. The van der Waals surface area contributed by atoms with Gasteiger partial charge in [-0.1, -0.05) is 30.3 Å². The summed E-state index contributed by atoms with van der Waals surface area (Å²) in [6.07, 6.45) is 1.55. The van der Waals surface area contributed by atoms with Gasteiger partial charge in [0.25, 0.3) is 0 Å². The summed E-state index contributed by atoms with van der Waals surface area (Å²) in [4.78, 5) is 12.2. The van der Waals surface area contributed by atoms with E-state index in [1.807, 2.05) is 55.5 Å². The van der Waals surface area contributed by atoms with Crippen molar-refractivity contribution in [1.82, 2.24) is 0 Å². The summed E-state index contributed by atoms with van der Waals surface area (Å²) in [5, 5.41) is 0. The Morgan fingerprint density at radius 2 is 1.81 bits per heavy atom. The second-order valence-electron chi connectivity index (χ2n) is 5.57. The fraction of sp³-hybridized carbons (Fsp3) is 0.278. The van der Waals surface area contributed by atoms with E-state index in [0.29, 0.717) is 5.75 Å². The molecule has 1 aliphatic rings. The molecular formula is C18H18O3. The van der Waals surface area contributed by atoms with Gasteiger partial charge in [0.15, 0.2) is 0 Å². The van der Waals surface area contributed by atoms with Crippen LogP contribution in [0.3, 0.4) is 0 Å². The fourth-order valence-electron chi connectivity index (χ4n) is 2.76. The van der Waals surface area contributed by atoms with Gasteiger partial charge in [-0.3, -0.25) is 4.79 Å². The van der Waals surface area contributed by atoms with Crippen LogP contribution in [-0.4, -0.2) is 13.1 Å². The average Bonchev–Trinajstić information content (AvgIpc) is 2.78. The van der Waals surface area contributed by atoms with Crippen LogP contribution < -0.4 is 9.47 Å². The normalized spacial score (nSPS) is 20.0. The van der Waals surface area contributed by atoms with Crippen molar-refractivity contribution in [2.24, 2.45) is 0 Å². The molecule has 3 nitrogen and oxygen atoms in total. The molecule has 0 amide bonds. The van der Waals surface area contributed by atoms with E-state index in [1.54, 1.807) is 7.11 Å². The molecule has 0 aromatic heterocycles. The van der Waals surface area contributed by atoms with Crippen molar-refractivity contribution in [3.05, 3.63) is 59.7 Å². The SMILES string of the molecule is COc1ccc(CCC2(C)C(=O)Oc3ccccc32)cc1. The molecule has 108 valence electrons. The van der Waals surface area contributed by atoms with Crippen LogP contribution in [0.4, 0.5) is 0 Å². The van der Waals surface area contributed by atoms with Crippen molar-refractivity contribution in [3.63, 3.8) is 0 Å². The molecule has 2 aromatic carbocycles. The Morgan fingerprint density at radius 3 is 2.52 bits per heavy atom. The van der Waals surface area contributed by atoms with E-state index in [9.17, 15) is 4.79 Å². The number of fused-ring (bicyclic) bond motifs is 1. The van der Waals surface area contributed by atoms with E-state index in [1.165, 1.54) is 5.56 Å². The van der Waals surface area contributed by atoms with Crippen molar-refractivity contribution >= 4 is 5.97 Å². The fourth-order valence-corrected chi connectivity index (χ4v) is 2.76. The number of carbonyl (C=O) groups excluding carboxylic acids is 1. The van der Waals surface area contributed by atoms with E-state index in [0.717, 1.165) is 24.2 Å². The number of esters is 1. The minimum absolute atomic E-state index is 0.155. The maximum Gasteiger partial charge on any atom is 0.321 e. The van der Waals surface area contributed by atoms with Crippen LogP contribution in [0.2, 0.25) is 0 Å². The molecular weight excluding hydrogens is 264 g/mol. The molecule has 0 aliphatic carbocycles. The average molecular weight is 282 g/mol. The highest BCUT2D eigenvalue weighted by Crippen LogP contribution is 2.42. The number of hydrogen-bond acceptors (Lipinski definition) is 3. The third kappa shape index (κ3) is 2.40. The largest absolute Gasteiger partial charge is 0.497 e. The monoisotopic (exact) mass is 282 g/mol. The van der Waals surface area contributed by atoms with Gasteiger partial charge in [0, 0.05) is 5.56 Å². The lowest BCUT2D eigenvalue weighted by atomic mass is 9.79. The first-order chi connectivity index (χ1) is 10.1. The smallest absolute Gasteiger partial charge is 0.321 e. The van der Waals surface area contributed by atoms with Gasteiger partial charge >= 0.3 is 5.97 Å². The van der Waals surface area contributed by atoms with Gasteiger partial charge in [-0.05, 0) is 43.5 Å².